The van der Waals surface area contributed by atoms with E-state index in [-0.39, 0.29) is 11.9 Å². The second kappa shape index (κ2) is 5.66. The summed E-state index contributed by atoms with van der Waals surface area (Å²) in [6.45, 7) is 2.79. The zero-order valence-corrected chi connectivity index (χ0v) is 10.2. The van der Waals surface area contributed by atoms with E-state index in [1.165, 1.54) is 0 Å². The van der Waals surface area contributed by atoms with E-state index in [9.17, 15) is 4.79 Å². The number of carbonyl (C=O) groups excluding carboxylic acids is 1. The molecule has 1 aliphatic rings. The van der Waals surface area contributed by atoms with Crippen LogP contribution < -0.4 is 5.32 Å². The SMILES string of the molecule is C[C@H](Cn1ccnc1)NC(=O)C[C@H]1C=CCC1. The highest BCUT2D eigenvalue weighted by molar-refractivity contribution is 5.76. The molecule has 0 saturated carbocycles. The molecule has 0 fully saturated rings. The van der Waals surface area contributed by atoms with Gasteiger partial charge in [-0.1, -0.05) is 12.2 Å². The van der Waals surface area contributed by atoms with Crippen molar-refractivity contribution < 1.29 is 4.79 Å². The van der Waals surface area contributed by atoms with Gasteiger partial charge in [0, 0.05) is 31.4 Å². The Morgan fingerprint density at radius 1 is 1.65 bits per heavy atom. The lowest BCUT2D eigenvalue weighted by molar-refractivity contribution is -0.122. The molecule has 1 N–H and O–H groups in total. The molecule has 2 atom stereocenters. The first-order valence-corrected chi connectivity index (χ1v) is 6.16. The summed E-state index contributed by atoms with van der Waals surface area (Å²) in [6.07, 6.45) is 12.6. The highest BCUT2D eigenvalue weighted by atomic mass is 16.1. The van der Waals surface area contributed by atoms with Gasteiger partial charge in [0.2, 0.25) is 5.91 Å². The van der Waals surface area contributed by atoms with Crippen molar-refractivity contribution in [2.24, 2.45) is 5.92 Å². The van der Waals surface area contributed by atoms with Gasteiger partial charge in [-0.05, 0) is 25.7 Å². The summed E-state index contributed by atoms with van der Waals surface area (Å²) < 4.78 is 1.97. The van der Waals surface area contributed by atoms with Crippen LogP contribution in [0.4, 0.5) is 0 Å². The van der Waals surface area contributed by atoms with E-state index in [0.29, 0.717) is 12.3 Å². The van der Waals surface area contributed by atoms with Crippen LogP contribution in [-0.2, 0) is 11.3 Å². The quantitative estimate of drug-likeness (QED) is 0.787. The zero-order chi connectivity index (χ0) is 12.1. The lowest BCUT2D eigenvalue weighted by Crippen LogP contribution is -2.36. The summed E-state index contributed by atoms with van der Waals surface area (Å²) in [5, 5.41) is 3.02. The van der Waals surface area contributed by atoms with Crippen molar-refractivity contribution in [3.05, 3.63) is 30.9 Å². The number of carbonyl (C=O) groups is 1. The van der Waals surface area contributed by atoms with Crippen LogP contribution in [0.25, 0.3) is 0 Å². The Kier molecular flexibility index (Phi) is 3.96. The largest absolute Gasteiger partial charge is 0.352 e. The topological polar surface area (TPSA) is 46.9 Å². The van der Waals surface area contributed by atoms with Crippen LogP contribution in [0.1, 0.15) is 26.2 Å². The average Bonchev–Trinajstić information content (AvgIpc) is 2.90. The lowest BCUT2D eigenvalue weighted by atomic mass is 10.0. The molecule has 1 aliphatic carbocycles. The van der Waals surface area contributed by atoms with Gasteiger partial charge >= 0.3 is 0 Å². The number of amides is 1. The first-order chi connectivity index (χ1) is 8.24. The third-order valence-corrected chi connectivity index (χ3v) is 3.01. The number of rotatable bonds is 5. The molecule has 2 rings (SSSR count). The fourth-order valence-corrected chi connectivity index (χ4v) is 2.19. The molecule has 1 aromatic heterocycles. The van der Waals surface area contributed by atoms with Crippen molar-refractivity contribution in [2.45, 2.75) is 38.8 Å². The first-order valence-electron chi connectivity index (χ1n) is 6.16. The Morgan fingerprint density at radius 3 is 3.18 bits per heavy atom. The molecule has 4 heteroatoms. The van der Waals surface area contributed by atoms with Gasteiger partial charge in [0.05, 0.1) is 6.33 Å². The smallest absolute Gasteiger partial charge is 0.220 e. The fraction of sp³-hybridized carbons (Fsp3) is 0.538. The molecule has 1 heterocycles. The number of aromatic nitrogens is 2. The number of hydrogen-bond acceptors (Lipinski definition) is 2. The van der Waals surface area contributed by atoms with Crippen LogP contribution in [0.2, 0.25) is 0 Å². The number of hydrogen-bond donors (Lipinski definition) is 1. The minimum absolute atomic E-state index is 0.141. The predicted molar refractivity (Wildman–Crippen MR) is 66.3 cm³/mol. The summed E-state index contributed by atoms with van der Waals surface area (Å²) in [7, 11) is 0. The van der Waals surface area contributed by atoms with Gasteiger partial charge in [-0.15, -0.1) is 0 Å². The highest BCUT2D eigenvalue weighted by Crippen LogP contribution is 2.19. The van der Waals surface area contributed by atoms with Crippen molar-refractivity contribution in [3.8, 4) is 0 Å². The number of allylic oxidation sites excluding steroid dienone is 2. The number of nitrogens with one attached hydrogen (secondary N) is 1. The monoisotopic (exact) mass is 233 g/mol. The van der Waals surface area contributed by atoms with Gasteiger partial charge in [-0.3, -0.25) is 4.79 Å². The molecule has 17 heavy (non-hydrogen) atoms. The Morgan fingerprint density at radius 2 is 2.53 bits per heavy atom. The van der Waals surface area contributed by atoms with Gasteiger partial charge in [-0.25, -0.2) is 4.98 Å². The summed E-state index contributed by atoms with van der Waals surface area (Å²) in [6, 6.07) is 0.141. The van der Waals surface area contributed by atoms with Crippen molar-refractivity contribution in [2.75, 3.05) is 0 Å². The summed E-state index contributed by atoms with van der Waals surface area (Å²) >= 11 is 0. The van der Waals surface area contributed by atoms with Gasteiger partial charge < -0.3 is 9.88 Å². The van der Waals surface area contributed by atoms with Crippen molar-refractivity contribution >= 4 is 5.91 Å². The molecule has 0 saturated heterocycles. The Hall–Kier alpha value is -1.58. The van der Waals surface area contributed by atoms with Crippen LogP contribution >= 0.6 is 0 Å². The molecular weight excluding hydrogens is 214 g/mol. The summed E-state index contributed by atoms with van der Waals surface area (Å²) in [5.74, 6) is 0.588. The van der Waals surface area contributed by atoms with E-state index < -0.39 is 0 Å². The molecule has 4 nitrogen and oxygen atoms in total. The summed E-state index contributed by atoms with van der Waals surface area (Å²) in [5.41, 5.74) is 0. The fourth-order valence-electron chi connectivity index (χ4n) is 2.19. The maximum absolute atomic E-state index is 11.8. The van der Waals surface area contributed by atoms with E-state index in [1.54, 1.807) is 12.5 Å². The minimum Gasteiger partial charge on any atom is -0.352 e. The Bertz CT molecular complexity index is 383. The normalized spacial score (nSPS) is 20.4. The number of nitrogens with zero attached hydrogens (tertiary/aromatic N) is 2. The molecule has 0 unspecified atom stereocenters. The first kappa shape index (κ1) is 11.9. The number of imidazole rings is 1. The van der Waals surface area contributed by atoms with Crippen molar-refractivity contribution in [1.29, 1.82) is 0 Å². The molecule has 0 aliphatic heterocycles. The maximum atomic E-state index is 11.8. The van der Waals surface area contributed by atoms with E-state index >= 15 is 0 Å². The third-order valence-electron chi connectivity index (χ3n) is 3.01. The van der Waals surface area contributed by atoms with Gasteiger partial charge in [-0.2, -0.15) is 0 Å². The molecular formula is C13H19N3O. The van der Waals surface area contributed by atoms with Gasteiger partial charge in [0.25, 0.3) is 0 Å². The standard InChI is InChI=1S/C13H19N3O/c1-11(9-16-7-6-14-10-16)15-13(17)8-12-4-2-3-5-12/h2,4,6-7,10-12H,3,5,8-9H2,1H3,(H,15,17)/t11-,12+/m1/s1. The second-order valence-corrected chi connectivity index (χ2v) is 4.70. The molecule has 0 spiro atoms. The lowest BCUT2D eigenvalue weighted by Gasteiger charge is -2.15. The molecule has 1 amide bonds. The minimum atomic E-state index is 0.141. The van der Waals surface area contributed by atoms with Crippen LogP contribution in [-0.4, -0.2) is 21.5 Å². The zero-order valence-electron chi connectivity index (χ0n) is 10.2. The molecule has 0 radical (unpaired) electrons. The van der Waals surface area contributed by atoms with Gasteiger partial charge in [0.1, 0.15) is 0 Å². The van der Waals surface area contributed by atoms with Crippen LogP contribution in [0.15, 0.2) is 30.9 Å². The van der Waals surface area contributed by atoms with Crippen LogP contribution in [0.5, 0.6) is 0 Å². The maximum Gasteiger partial charge on any atom is 0.220 e. The predicted octanol–water partition coefficient (Wildman–Crippen LogP) is 1.74. The molecule has 1 aromatic rings. The Balaban J connectivity index is 1.72. The van der Waals surface area contributed by atoms with E-state index in [1.807, 2.05) is 17.7 Å². The molecule has 92 valence electrons. The van der Waals surface area contributed by atoms with Crippen molar-refractivity contribution in [3.63, 3.8) is 0 Å². The second-order valence-electron chi connectivity index (χ2n) is 4.70. The third kappa shape index (κ3) is 3.73. The summed E-state index contributed by atoms with van der Waals surface area (Å²) in [4.78, 5) is 15.7. The molecule has 0 bridgehead atoms. The van der Waals surface area contributed by atoms with Crippen LogP contribution in [0.3, 0.4) is 0 Å². The van der Waals surface area contributed by atoms with E-state index in [0.717, 1.165) is 19.4 Å². The van der Waals surface area contributed by atoms with Crippen molar-refractivity contribution in [1.82, 2.24) is 14.9 Å². The highest BCUT2D eigenvalue weighted by Gasteiger charge is 2.15. The van der Waals surface area contributed by atoms with E-state index in [4.69, 9.17) is 0 Å². The van der Waals surface area contributed by atoms with Crippen LogP contribution in [0, 0.1) is 5.92 Å². The molecule has 0 aromatic carbocycles. The Labute approximate surface area is 102 Å². The van der Waals surface area contributed by atoms with E-state index in [2.05, 4.69) is 22.5 Å². The van der Waals surface area contributed by atoms with Gasteiger partial charge in [0.15, 0.2) is 0 Å². The average molecular weight is 233 g/mol.